The lowest BCUT2D eigenvalue weighted by Gasteiger charge is -2.43. The van der Waals surface area contributed by atoms with Gasteiger partial charge in [-0.05, 0) is 43.7 Å². The Labute approximate surface area is 122 Å². The Morgan fingerprint density at radius 2 is 1.85 bits per heavy atom. The second kappa shape index (κ2) is 5.87. The monoisotopic (exact) mass is 273 g/mol. The molecule has 2 fully saturated rings. The Kier molecular flexibility index (Phi) is 4.13. The van der Waals surface area contributed by atoms with Crippen molar-refractivity contribution in [3.63, 3.8) is 0 Å². The average molecular weight is 273 g/mol. The Morgan fingerprint density at radius 1 is 1.15 bits per heavy atom. The minimum atomic E-state index is 0.0706. The average Bonchev–Trinajstić information content (AvgIpc) is 3.30. The molecule has 0 aromatic heterocycles. The van der Waals surface area contributed by atoms with Crippen LogP contribution in [0.4, 0.5) is 0 Å². The van der Waals surface area contributed by atoms with Gasteiger partial charge in [0.2, 0.25) is 0 Å². The molecule has 1 aromatic carbocycles. The van der Waals surface area contributed by atoms with E-state index in [0.717, 1.165) is 11.8 Å². The Bertz CT molecular complexity index is 424. The number of likely N-dealkylation sites (N-methyl/N-ethyl adjacent to an activating group) is 1. The molecule has 0 bridgehead atoms. The van der Waals surface area contributed by atoms with Gasteiger partial charge in [-0.3, -0.25) is 0 Å². The van der Waals surface area contributed by atoms with Crippen LogP contribution in [0.5, 0.6) is 0 Å². The molecule has 0 radical (unpaired) electrons. The van der Waals surface area contributed by atoms with Gasteiger partial charge in [0.05, 0.1) is 5.60 Å². The SMILES string of the molecule is CNC(C1CC1c1ccccc1)C1(OC)CCCCC1. The summed E-state index contributed by atoms with van der Waals surface area (Å²) in [5.41, 5.74) is 1.57. The fourth-order valence-corrected chi connectivity index (χ4v) is 4.33. The summed E-state index contributed by atoms with van der Waals surface area (Å²) in [4.78, 5) is 0. The van der Waals surface area contributed by atoms with Crippen molar-refractivity contribution in [2.75, 3.05) is 14.2 Å². The van der Waals surface area contributed by atoms with Crippen LogP contribution >= 0.6 is 0 Å². The topological polar surface area (TPSA) is 21.3 Å². The van der Waals surface area contributed by atoms with Crippen molar-refractivity contribution in [1.29, 1.82) is 0 Å². The molecule has 2 aliphatic carbocycles. The van der Waals surface area contributed by atoms with Crippen LogP contribution in [0.2, 0.25) is 0 Å². The van der Waals surface area contributed by atoms with Gasteiger partial charge < -0.3 is 10.1 Å². The molecule has 3 atom stereocenters. The maximum Gasteiger partial charge on any atom is 0.0833 e. The van der Waals surface area contributed by atoms with Crippen molar-refractivity contribution in [1.82, 2.24) is 5.32 Å². The molecule has 0 spiro atoms. The third kappa shape index (κ3) is 2.51. The number of hydrogen-bond acceptors (Lipinski definition) is 2. The largest absolute Gasteiger partial charge is 0.377 e. The number of methoxy groups -OCH3 is 1. The number of hydrogen-bond donors (Lipinski definition) is 1. The maximum absolute atomic E-state index is 6.05. The molecule has 1 N–H and O–H groups in total. The van der Waals surface area contributed by atoms with E-state index in [1.807, 2.05) is 7.11 Å². The molecule has 1 aromatic rings. The first-order valence-electron chi connectivity index (χ1n) is 8.08. The lowest BCUT2D eigenvalue weighted by molar-refractivity contribution is -0.0715. The summed E-state index contributed by atoms with van der Waals surface area (Å²) in [6, 6.07) is 11.5. The molecule has 20 heavy (non-hydrogen) atoms. The van der Waals surface area contributed by atoms with Gasteiger partial charge in [0.1, 0.15) is 0 Å². The van der Waals surface area contributed by atoms with Crippen molar-refractivity contribution in [2.45, 2.75) is 56.1 Å². The third-order valence-electron chi connectivity index (χ3n) is 5.48. The summed E-state index contributed by atoms with van der Waals surface area (Å²) in [6.07, 6.45) is 7.73. The van der Waals surface area contributed by atoms with Gasteiger partial charge >= 0.3 is 0 Å². The molecule has 3 rings (SSSR count). The van der Waals surface area contributed by atoms with Crippen LogP contribution in [0.25, 0.3) is 0 Å². The van der Waals surface area contributed by atoms with Crippen molar-refractivity contribution in [3.05, 3.63) is 35.9 Å². The summed E-state index contributed by atoms with van der Waals surface area (Å²) < 4.78 is 6.05. The summed E-state index contributed by atoms with van der Waals surface area (Å²) in [7, 11) is 4.02. The van der Waals surface area contributed by atoms with Gasteiger partial charge in [0, 0.05) is 13.2 Å². The predicted octanol–water partition coefficient (Wildman–Crippen LogP) is 3.73. The molecule has 2 saturated carbocycles. The van der Waals surface area contributed by atoms with Gasteiger partial charge in [-0.25, -0.2) is 0 Å². The molecule has 110 valence electrons. The first-order valence-corrected chi connectivity index (χ1v) is 8.08. The van der Waals surface area contributed by atoms with Crippen molar-refractivity contribution in [3.8, 4) is 0 Å². The van der Waals surface area contributed by atoms with Crippen LogP contribution in [0.3, 0.4) is 0 Å². The smallest absolute Gasteiger partial charge is 0.0833 e. The highest BCUT2D eigenvalue weighted by Gasteiger charge is 2.52. The van der Waals surface area contributed by atoms with E-state index >= 15 is 0 Å². The van der Waals surface area contributed by atoms with E-state index in [-0.39, 0.29) is 5.60 Å². The number of ether oxygens (including phenoxy) is 1. The molecule has 0 aliphatic heterocycles. The van der Waals surface area contributed by atoms with E-state index in [4.69, 9.17) is 4.74 Å². The van der Waals surface area contributed by atoms with Gasteiger partial charge in [0.25, 0.3) is 0 Å². The van der Waals surface area contributed by atoms with Crippen molar-refractivity contribution >= 4 is 0 Å². The fraction of sp³-hybridized carbons (Fsp3) is 0.667. The second-order valence-electron chi connectivity index (χ2n) is 6.51. The van der Waals surface area contributed by atoms with Crippen LogP contribution in [0.15, 0.2) is 30.3 Å². The first-order chi connectivity index (χ1) is 9.80. The Morgan fingerprint density at radius 3 is 2.45 bits per heavy atom. The lowest BCUT2D eigenvalue weighted by atomic mass is 9.76. The zero-order chi connectivity index (χ0) is 14.0. The quantitative estimate of drug-likeness (QED) is 0.882. The molecule has 2 nitrogen and oxygen atoms in total. The molecule has 0 heterocycles. The Balaban J connectivity index is 1.74. The highest BCUT2D eigenvalue weighted by molar-refractivity contribution is 5.27. The Hall–Kier alpha value is -0.860. The molecule has 0 amide bonds. The lowest BCUT2D eigenvalue weighted by Crippen LogP contribution is -2.53. The van der Waals surface area contributed by atoms with Gasteiger partial charge in [-0.15, -0.1) is 0 Å². The summed E-state index contributed by atoms with van der Waals surface area (Å²) in [5.74, 6) is 1.46. The molecular formula is C18H27NO. The van der Waals surface area contributed by atoms with Gasteiger partial charge in [-0.1, -0.05) is 49.6 Å². The highest BCUT2D eigenvalue weighted by atomic mass is 16.5. The molecule has 2 heteroatoms. The maximum atomic E-state index is 6.05. The third-order valence-corrected chi connectivity index (χ3v) is 5.48. The van der Waals surface area contributed by atoms with Crippen molar-refractivity contribution < 1.29 is 4.74 Å². The van der Waals surface area contributed by atoms with Crippen LogP contribution in [0.1, 0.15) is 50.0 Å². The van der Waals surface area contributed by atoms with Crippen LogP contribution in [-0.2, 0) is 4.74 Å². The van der Waals surface area contributed by atoms with Crippen LogP contribution < -0.4 is 5.32 Å². The first kappa shape index (κ1) is 14.1. The van der Waals surface area contributed by atoms with E-state index in [1.165, 1.54) is 44.1 Å². The zero-order valence-corrected chi connectivity index (χ0v) is 12.8. The zero-order valence-electron chi connectivity index (χ0n) is 12.8. The minimum absolute atomic E-state index is 0.0706. The van der Waals surface area contributed by atoms with E-state index in [0.29, 0.717) is 6.04 Å². The molecular weight excluding hydrogens is 246 g/mol. The molecule has 2 aliphatic rings. The number of nitrogens with one attached hydrogen (secondary N) is 1. The normalized spacial score (nSPS) is 29.9. The van der Waals surface area contributed by atoms with E-state index < -0.39 is 0 Å². The molecule has 0 saturated heterocycles. The summed E-state index contributed by atoms with van der Waals surface area (Å²) in [5, 5.41) is 3.60. The highest BCUT2D eigenvalue weighted by Crippen LogP contribution is 2.53. The summed E-state index contributed by atoms with van der Waals surface area (Å²) >= 11 is 0. The van der Waals surface area contributed by atoms with Gasteiger partial charge in [0.15, 0.2) is 0 Å². The van der Waals surface area contributed by atoms with Crippen molar-refractivity contribution in [2.24, 2.45) is 5.92 Å². The number of benzene rings is 1. The predicted molar refractivity (Wildman–Crippen MR) is 83.0 cm³/mol. The van der Waals surface area contributed by atoms with E-state index in [1.54, 1.807) is 0 Å². The minimum Gasteiger partial charge on any atom is -0.377 e. The standard InChI is InChI=1S/C18H27NO/c1-19-17(18(20-2)11-7-4-8-12-18)16-13-15(16)14-9-5-3-6-10-14/h3,5-6,9-10,15-17,19H,4,7-8,11-13H2,1-2H3. The second-order valence-corrected chi connectivity index (χ2v) is 6.51. The fourth-order valence-electron chi connectivity index (χ4n) is 4.33. The molecule has 3 unspecified atom stereocenters. The number of rotatable bonds is 5. The summed E-state index contributed by atoms with van der Waals surface area (Å²) in [6.45, 7) is 0. The van der Waals surface area contributed by atoms with E-state index in [2.05, 4.69) is 42.7 Å². The van der Waals surface area contributed by atoms with Crippen LogP contribution in [0, 0.1) is 5.92 Å². The van der Waals surface area contributed by atoms with E-state index in [9.17, 15) is 0 Å². The van der Waals surface area contributed by atoms with Crippen LogP contribution in [-0.4, -0.2) is 25.8 Å². The van der Waals surface area contributed by atoms with Gasteiger partial charge in [-0.2, -0.15) is 0 Å².